The average molecular weight is 419 g/mol. The van der Waals surface area contributed by atoms with Gasteiger partial charge in [0.2, 0.25) is 5.78 Å². The Labute approximate surface area is 175 Å². The number of nitrogens with one attached hydrogen (secondary N) is 1. The summed E-state index contributed by atoms with van der Waals surface area (Å²) in [5.41, 5.74) is 6.95. The van der Waals surface area contributed by atoms with Crippen molar-refractivity contribution in [3.05, 3.63) is 77.7 Å². The molecular formula is C21H17N5O3S. The monoisotopic (exact) mass is 419 g/mol. The Hall–Kier alpha value is -3.85. The van der Waals surface area contributed by atoms with Crippen molar-refractivity contribution in [3.63, 3.8) is 0 Å². The van der Waals surface area contributed by atoms with Gasteiger partial charge in [-0.25, -0.2) is 4.68 Å². The van der Waals surface area contributed by atoms with Crippen LogP contribution < -0.4 is 11.1 Å². The van der Waals surface area contributed by atoms with Crippen LogP contribution >= 0.6 is 11.3 Å². The predicted molar refractivity (Wildman–Crippen MR) is 112 cm³/mol. The van der Waals surface area contributed by atoms with Gasteiger partial charge < -0.3 is 11.1 Å². The molecular weight excluding hydrogens is 402 g/mol. The van der Waals surface area contributed by atoms with Crippen LogP contribution in [0.5, 0.6) is 0 Å². The summed E-state index contributed by atoms with van der Waals surface area (Å²) in [6.45, 7) is 0. The fourth-order valence-electron chi connectivity index (χ4n) is 3.19. The van der Waals surface area contributed by atoms with E-state index in [0.29, 0.717) is 5.69 Å². The molecule has 30 heavy (non-hydrogen) atoms. The second-order valence-corrected chi connectivity index (χ2v) is 7.46. The van der Waals surface area contributed by atoms with E-state index < -0.39 is 23.6 Å². The maximum absolute atomic E-state index is 12.9. The quantitative estimate of drug-likeness (QED) is 0.443. The lowest BCUT2D eigenvalue weighted by molar-refractivity contribution is -0.137. The number of aromatic nitrogens is 3. The highest BCUT2D eigenvalue weighted by atomic mass is 32.1. The zero-order valence-corrected chi connectivity index (χ0v) is 16.5. The number of primary amides is 1. The van der Waals surface area contributed by atoms with Crippen molar-refractivity contribution in [2.45, 2.75) is 12.5 Å². The van der Waals surface area contributed by atoms with Gasteiger partial charge in [0.1, 0.15) is 11.7 Å². The van der Waals surface area contributed by atoms with Crippen molar-refractivity contribution in [1.29, 1.82) is 0 Å². The molecule has 0 saturated carbocycles. The van der Waals surface area contributed by atoms with Gasteiger partial charge in [0.25, 0.3) is 11.8 Å². The number of nitrogens with zero attached hydrogens (tertiary/aromatic N) is 3. The number of amides is 2. The summed E-state index contributed by atoms with van der Waals surface area (Å²) in [5.74, 6) is -2.49. The molecule has 4 rings (SSSR count). The molecule has 0 fully saturated rings. The number of ketones is 1. The third kappa shape index (κ3) is 3.83. The van der Waals surface area contributed by atoms with E-state index in [0.717, 1.165) is 15.6 Å². The molecule has 1 unspecified atom stereocenters. The Morgan fingerprint density at radius 2 is 1.83 bits per heavy atom. The molecule has 0 bridgehead atoms. The molecule has 0 aliphatic carbocycles. The second kappa shape index (κ2) is 8.26. The van der Waals surface area contributed by atoms with Crippen LogP contribution in [-0.4, -0.2) is 38.4 Å². The largest absolute Gasteiger partial charge is 0.363 e. The number of benzene rings is 1. The first kappa shape index (κ1) is 19.5. The number of hydrogen-bond donors (Lipinski definition) is 2. The molecule has 0 radical (unpaired) electrons. The van der Waals surface area contributed by atoms with Crippen molar-refractivity contribution in [2.75, 3.05) is 0 Å². The summed E-state index contributed by atoms with van der Waals surface area (Å²) >= 11 is 1.53. The predicted octanol–water partition coefficient (Wildman–Crippen LogP) is 1.88. The molecule has 3 heterocycles. The Morgan fingerprint density at radius 3 is 2.60 bits per heavy atom. The topological polar surface area (TPSA) is 120 Å². The van der Waals surface area contributed by atoms with Crippen molar-refractivity contribution >= 4 is 39.0 Å². The van der Waals surface area contributed by atoms with E-state index in [9.17, 15) is 14.4 Å². The minimum absolute atomic E-state index is 0.154. The molecule has 0 aliphatic rings. The average Bonchev–Trinajstić information content (AvgIpc) is 3.41. The number of thiophene rings is 1. The van der Waals surface area contributed by atoms with Gasteiger partial charge in [-0.05, 0) is 40.6 Å². The van der Waals surface area contributed by atoms with E-state index in [1.54, 1.807) is 24.5 Å². The molecule has 1 aromatic carbocycles. The minimum Gasteiger partial charge on any atom is -0.363 e. The maximum atomic E-state index is 12.9. The number of pyridine rings is 1. The molecule has 9 heteroatoms. The van der Waals surface area contributed by atoms with Crippen molar-refractivity contribution in [3.8, 4) is 5.69 Å². The van der Waals surface area contributed by atoms with Crippen LogP contribution in [-0.2, 0) is 16.0 Å². The third-order valence-electron chi connectivity index (χ3n) is 4.63. The molecule has 2 amide bonds. The molecule has 4 aromatic rings. The van der Waals surface area contributed by atoms with Crippen LogP contribution in [0.2, 0.25) is 0 Å². The first-order valence-corrected chi connectivity index (χ1v) is 9.96. The number of rotatable bonds is 7. The number of carbonyl (C=O) groups is 3. The Bertz CT molecular complexity index is 1230. The lowest BCUT2D eigenvalue weighted by Gasteiger charge is -2.16. The van der Waals surface area contributed by atoms with Crippen molar-refractivity contribution in [1.82, 2.24) is 20.1 Å². The summed E-state index contributed by atoms with van der Waals surface area (Å²) in [7, 11) is 0. The van der Waals surface area contributed by atoms with Crippen LogP contribution in [0.4, 0.5) is 0 Å². The summed E-state index contributed by atoms with van der Waals surface area (Å²) in [4.78, 5) is 40.9. The van der Waals surface area contributed by atoms with E-state index in [1.165, 1.54) is 28.3 Å². The van der Waals surface area contributed by atoms with Gasteiger partial charge in [0, 0.05) is 23.5 Å². The lowest BCUT2D eigenvalue weighted by atomic mass is 10.0. The molecule has 1 atom stereocenters. The maximum Gasteiger partial charge on any atom is 0.287 e. The molecule has 150 valence electrons. The third-order valence-corrected chi connectivity index (χ3v) is 5.64. The van der Waals surface area contributed by atoms with Crippen molar-refractivity contribution in [2.24, 2.45) is 5.73 Å². The smallest absolute Gasteiger partial charge is 0.287 e. The van der Waals surface area contributed by atoms with Crippen LogP contribution in [0, 0.1) is 0 Å². The molecule has 0 saturated heterocycles. The van der Waals surface area contributed by atoms with E-state index in [4.69, 9.17) is 5.73 Å². The number of fused-ring (bicyclic) bond motifs is 1. The van der Waals surface area contributed by atoms with Crippen LogP contribution in [0.3, 0.4) is 0 Å². The first-order valence-electron chi connectivity index (χ1n) is 9.08. The Morgan fingerprint density at radius 1 is 1.07 bits per heavy atom. The first-order chi connectivity index (χ1) is 14.5. The van der Waals surface area contributed by atoms with Gasteiger partial charge in [-0.2, -0.15) is 5.10 Å². The van der Waals surface area contributed by atoms with E-state index in [2.05, 4.69) is 15.4 Å². The van der Waals surface area contributed by atoms with Crippen LogP contribution in [0.25, 0.3) is 15.8 Å². The Kier molecular flexibility index (Phi) is 5.36. The second-order valence-electron chi connectivity index (χ2n) is 6.55. The van der Waals surface area contributed by atoms with E-state index in [1.807, 2.05) is 29.6 Å². The highest BCUT2D eigenvalue weighted by Gasteiger charge is 2.28. The van der Waals surface area contributed by atoms with Crippen molar-refractivity contribution < 1.29 is 14.4 Å². The summed E-state index contributed by atoms with van der Waals surface area (Å²) in [5, 5.41) is 9.71. The van der Waals surface area contributed by atoms with Crippen LogP contribution in [0.1, 0.15) is 16.1 Å². The minimum atomic E-state index is -1.09. The van der Waals surface area contributed by atoms with Gasteiger partial charge in [-0.3, -0.25) is 19.4 Å². The SMILES string of the molecule is NC(=O)C(=O)C(Cc1csc2ccccc12)NC(=O)c1ccnn1-c1ccncc1. The summed E-state index contributed by atoms with van der Waals surface area (Å²) in [6, 6.07) is 11.6. The molecule has 0 spiro atoms. The van der Waals surface area contributed by atoms with Crippen LogP contribution in [0.15, 0.2) is 66.4 Å². The number of nitrogens with two attached hydrogens (primary N) is 1. The molecule has 0 aliphatic heterocycles. The standard InChI is InChI=1S/C21H17N5O3S/c22-20(28)19(27)16(11-13-12-30-18-4-2-1-3-15(13)18)25-21(29)17-7-10-24-26(17)14-5-8-23-9-6-14/h1-10,12,16H,11H2,(H2,22,28)(H,25,29). The number of Topliss-reactive ketones (excluding diaryl/α,β-unsaturated/α-hetero) is 1. The number of carbonyl (C=O) groups excluding carboxylic acids is 3. The molecule has 3 N–H and O–H groups in total. The highest BCUT2D eigenvalue weighted by Crippen LogP contribution is 2.26. The lowest BCUT2D eigenvalue weighted by Crippen LogP contribution is -2.47. The van der Waals surface area contributed by atoms with Gasteiger partial charge >= 0.3 is 0 Å². The highest BCUT2D eigenvalue weighted by molar-refractivity contribution is 7.17. The Balaban J connectivity index is 1.62. The van der Waals surface area contributed by atoms with E-state index >= 15 is 0 Å². The zero-order chi connectivity index (χ0) is 21.1. The fraction of sp³-hybridized carbons (Fsp3) is 0.0952. The van der Waals surface area contributed by atoms with E-state index in [-0.39, 0.29) is 12.1 Å². The molecule has 3 aromatic heterocycles. The van der Waals surface area contributed by atoms with Gasteiger partial charge in [-0.1, -0.05) is 18.2 Å². The number of hydrogen-bond acceptors (Lipinski definition) is 6. The van der Waals surface area contributed by atoms with Gasteiger partial charge in [-0.15, -0.1) is 11.3 Å². The summed E-state index contributed by atoms with van der Waals surface area (Å²) in [6.07, 6.45) is 4.80. The van der Waals surface area contributed by atoms with Gasteiger partial charge in [0.05, 0.1) is 11.9 Å². The fourth-order valence-corrected chi connectivity index (χ4v) is 4.17. The van der Waals surface area contributed by atoms with Gasteiger partial charge in [0.15, 0.2) is 0 Å². The normalized spacial score (nSPS) is 11.9. The summed E-state index contributed by atoms with van der Waals surface area (Å²) < 4.78 is 2.49. The molecule has 8 nitrogen and oxygen atoms in total. The zero-order valence-electron chi connectivity index (χ0n) is 15.7.